The van der Waals surface area contributed by atoms with E-state index in [1.54, 1.807) is 0 Å². The summed E-state index contributed by atoms with van der Waals surface area (Å²) in [6, 6.07) is 4.28. The van der Waals surface area contributed by atoms with Crippen molar-refractivity contribution < 1.29 is 14.3 Å². The van der Waals surface area contributed by atoms with E-state index in [-0.39, 0.29) is 5.78 Å². The number of benzene rings is 1. The van der Waals surface area contributed by atoms with Gasteiger partial charge in [0, 0.05) is 0 Å². The second-order valence-electron chi connectivity index (χ2n) is 3.13. The zero-order chi connectivity index (χ0) is 10.7. The molecule has 0 radical (unpaired) electrons. The highest BCUT2D eigenvalue weighted by Gasteiger charge is 2.20. The number of nitrogens with two attached hydrogens (primary N) is 1. The van der Waals surface area contributed by atoms with Gasteiger partial charge < -0.3 is 10.8 Å². The summed E-state index contributed by atoms with van der Waals surface area (Å²) in [5.74, 6) is -0.695. The Labute approximate surface area is 81.4 Å². The molecule has 3 nitrogen and oxygen atoms in total. The van der Waals surface area contributed by atoms with Crippen LogP contribution in [0.4, 0.5) is 4.39 Å². The van der Waals surface area contributed by atoms with Crippen LogP contribution in [0.3, 0.4) is 0 Å². The van der Waals surface area contributed by atoms with Crippen LogP contribution in [0.2, 0.25) is 0 Å². The van der Waals surface area contributed by atoms with Gasteiger partial charge in [0.2, 0.25) is 0 Å². The van der Waals surface area contributed by atoms with Crippen LogP contribution in [0, 0.1) is 5.82 Å². The van der Waals surface area contributed by atoms with Gasteiger partial charge in [0.25, 0.3) is 0 Å². The largest absolute Gasteiger partial charge is 0.386 e. The molecule has 0 saturated heterocycles. The predicted molar refractivity (Wildman–Crippen MR) is 50.0 cm³/mol. The van der Waals surface area contributed by atoms with Gasteiger partial charge in [-0.1, -0.05) is 12.1 Å². The molecule has 0 spiro atoms. The molecule has 0 unspecified atom stereocenters. The van der Waals surface area contributed by atoms with Crippen molar-refractivity contribution in [3.05, 3.63) is 35.6 Å². The Balaban J connectivity index is 2.84. The van der Waals surface area contributed by atoms with E-state index < -0.39 is 18.0 Å². The van der Waals surface area contributed by atoms with Crippen LogP contribution in [0.1, 0.15) is 18.6 Å². The Morgan fingerprint density at radius 2 is 1.93 bits per heavy atom. The van der Waals surface area contributed by atoms with Crippen LogP contribution < -0.4 is 5.73 Å². The molecule has 3 N–H and O–H groups in total. The Morgan fingerprint density at radius 1 is 1.43 bits per heavy atom. The lowest BCUT2D eigenvalue weighted by molar-refractivity contribution is -0.120. The Bertz CT molecular complexity index is 323. The minimum Gasteiger partial charge on any atom is -0.386 e. The van der Waals surface area contributed by atoms with E-state index in [0.717, 1.165) is 0 Å². The lowest BCUT2D eigenvalue weighted by Gasteiger charge is -2.16. The van der Waals surface area contributed by atoms with Crippen LogP contribution in [-0.4, -0.2) is 16.9 Å². The maximum atomic E-state index is 12.5. The number of hydrogen-bond acceptors (Lipinski definition) is 3. The number of halogens is 1. The monoisotopic (exact) mass is 197 g/mol. The maximum Gasteiger partial charge on any atom is 0.149 e. The van der Waals surface area contributed by atoms with Gasteiger partial charge in [-0.25, -0.2) is 4.39 Å². The third-order valence-corrected chi connectivity index (χ3v) is 2.02. The van der Waals surface area contributed by atoms with Crippen molar-refractivity contribution in [2.24, 2.45) is 5.73 Å². The highest BCUT2D eigenvalue weighted by atomic mass is 19.1. The fourth-order valence-corrected chi connectivity index (χ4v) is 1.09. The molecule has 0 fully saturated rings. The van der Waals surface area contributed by atoms with Crippen LogP contribution >= 0.6 is 0 Å². The molecular weight excluding hydrogens is 185 g/mol. The van der Waals surface area contributed by atoms with Crippen LogP contribution in [-0.2, 0) is 4.79 Å². The topological polar surface area (TPSA) is 63.3 Å². The summed E-state index contributed by atoms with van der Waals surface area (Å²) in [7, 11) is 0. The second-order valence-corrected chi connectivity index (χ2v) is 3.13. The van der Waals surface area contributed by atoms with Gasteiger partial charge in [-0.15, -0.1) is 0 Å². The van der Waals surface area contributed by atoms with Gasteiger partial charge in [-0.05, 0) is 24.6 Å². The zero-order valence-electron chi connectivity index (χ0n) is 7.77. The molecule has 1 rings (SSSR count). The number of aliphatic hydroxyl groups is 1. The molecule has 4 heteroatoms. The summed E-state index contributed by atoms with van der Waals surface area (Å²) in [6.07, 6.45) is -1.08. The van der Waals surface area contributed by atoms with Gasteiger partial charge in [0.05, 0.1) is 6.04 Å². The molecule has 2 atom stereocenters. The lowest BCUT2D eigenvalue weighted by atomic mass is 10.0. The van der Waals surface area contributed by atoms with Crippen molar-refractivity contribution in [1.82, 2.24) is 0 Å². The highest BCUT2D eigenvalue weighted by Crippen LogP contribution is 2.16. The average Bonchev–Trinajstić information content (AvgIpc) is 2.16. The third-order valence-electron chi connectivity index (χ3n) is 2.02. The van der Waals surface area contributed by atoms with E-state index in [2.05, 4.69) is 0 Å². The molecule has 0 amide bonds. The first-order valence-corrected chi connectivity index (χ1v) is 4.22. The number of carbonyl (C=O) groups excluding carboxylic acids is 1. The molecule has 76 valence electrons. The molecule has 1 aromatic carbocycles. The van der Waals surface area contributed by atoms with E-state index in [4.69, 9.17) is 5.73 Å². The minimum absolute atomic E-state index is 0.304. The minimum atomic E-state index is -1.08. The van der Waals surface area contributed by atoms with Crippen molar-refractivity contribution in [1.29, 1.82) is 0 Å². The van der Waals surface area contributed by atoms with Crippen molar-refractivity contribution in [3.63, 3.8) is 0 Å². The quantitative estimate of drug-likeness (QED) is 0.752. The van der Waals surface area contributed by atoms with Crippen LogP contribution in [0.5, 0.6) is 0 Å². The molecule has 0 aromatic heterocycles. The molecule has 0 aliphatic carbocycles. The Morgan fingerprint density at radius 3 is 2.36 bits per heavy atom. The molecule has 14 heavy (non-hydrogen) atoms. The van der Waals surface area contributed by atoms with Gasteiger partial charge in [0.15, 0.2) is 0 Å². The molecule has 0 bridgehead atoms. The number of hydrogen-bond donors (Lipinski definition) is 2. The molecule has 0 saturated carbocycles. The second kappa shape index (κ2) is 4.30. The molecular formula is C10H12FNO2. The first-order valence-electron chi connectivity index (χ1n) is 4.22. The van der Waals surface area contributed by atoms with Crippen LogP contribution in [0.15, 0.2) is 24.3 Å². The molecule has 1 aromatic rings. The number of ketones is 1. The first-order chi connectivity index (χ1) is 6.52. The summed E-state index contributed by atoms with van der Waals surface area (Å²) in [6.45, 7) is 1.30. The summed E-state index contributed by atoms with van der Waals surface area (Å²) < 4.78 is 12.5. The number of aliphatic hydroxyl groups excluding tert-OH is 1. The normalized spacial score (nSPS) is 14.9. The fraction of sp³-hybridized carbons (Fsp3) is 0.300. The van der Waals surface area contributed by atoms with E-state index >= 15 is 0 Å². The van der Waals surface area contributed by atoms with E-state index in [1.807, 2.05) is 0 Å². The van der Waals surface area contributed by atoms with Crippen molar-refractivity contribution >= 4 is 5.78 Å². The van der Waals surface area contributed by atoms with E-state index in [9.17, 15) is 14.3 Å². The van der Waals surface area contributed by atoms with Gasteiger partial charge in [0.1, 0.15) is 17.7 Å². The van der Waals surface area contributed by atoms with Gasteiger partial charge in [-0.3, -0.25) is 4.79 Å². The van der Waals surface area contributed by atoms with E-state index in [1.165, 1.54) is 31.2 Å². The maximum absolute atomic E-state index is 12.5. The Hall–Kier alpha value is -1.26. The van der Waals surface area contributed by atoms with Crippen molar-refractivity contribution in [2.45, 2.75) is 19.1 Å². The molecule has 0 heterocycles. The lowest BCUT2D eigenvalue weighted by Crippen LogP contribution is -2.35. The standard InChI is InChI=1S/C10H12FNO2/c1-6(13)9(12)10(14)7-2-4-8(11)5-3-7/h2-5,9-10,14H,12H2,1H3/t9-,10-/m0/s1. The number of carbonyl (C=O) groups is 1. The van der Waals surface area contributed by atoms with Crippen molar-refractivity contribution in [2.75, 3.05) is 0 Å². The average molecular weight is 197 g/mol. The van der Waals surface area contributed by atoms with Crippen LogP contribution in [0.25, 0.3) is 0 Å². The zero-order valence-corrected chi connectivity index (χ0v) is 7.77. The number of Topliss-reactive ketones (excluding diaryl/α,β-unsaturated/α-hetero) is 1. The fourth-order valence-electron chi connectivity index (χ4n) is 1.09. The van der Waals surface area contributed by atoms with Gasteiger partial charge >= 0.3 is 0 Å². The molecule has 0 aliphatic heterocycles. The summed E-state index contributed by atoms with van der Waals surface area (Å²) in [5, 5.41) is 9.58. The summed E-state index contributed by atoms with van der Waals surface area (Å²) in [5.41, 5.74) is 5.88. The van der Waals surface area contributed by atoms with E-state index in [0.29, 0.717) is 5.56 Å². The summed E-state index contributed by atoms with van der Waals surface area (Å²) in [4.78, 5) is 10.9. The predicted octanol–water partition coefficient (Wildman–Crippen LogP) is 0.775. The van der Waals surface area contributed by atoms with Gasteiger partial charge in [-0.2, -0.15) is 0 Å². The Kier molecular flexibility index (Phi) is 3.33. The number of rotatable bonds is 3. The summed E-state index contributed by atoms with van der Waals surface area (Å²) >= 11 is 0. The van der Waals surface area contributed by atoms with Crippen molar-refractivity contribution in [3.8, 4) is 0 Å². The SMILES string of the molecule is CC(=O)[C@H](N)[C@@H](O)c1ccc(F)cc1. The first kappa shape index (κ1) is 10.8. The highest BCUT2D eigenvalue weighted by molar-refractivity contribution is 5.82. The smallest absolute Gasteiger partial charge is 0.149 e. The molecule has 0 aliphatic rings. The third kappa shape index (κ3) is 2.37.